The van der Waals surface area contributed by atoms with Gasteiger partial charge in [0.2, 0.25) is 0 Å². The number of hydrogen-bond donors (Lipinski definition) is 0. The van der Waals surface area contributed by atoms with Crippen LogP contribution in [0.2, 0.25) is 0 Å². The Labute approximate surface area is 77.3 Å². The Kier molecular flexibility index (Phi) is 3.99. The van der Waals surface area contributed by atoms with Crippen LogP contribution in [0.15, 0.2) is 30.3 Å². The number of para-hydroxylation sites is 1. The van der Waals surface area contributed by atoms with E-state index in [1.54, 1.807) is 12.1 Å². The molecule has 1 aromatic carbocycles. The van der Waals surface area contributed by atoms with Crippen LogP contribution in [0.4, 0.5) is 0 Å². The number of esters is 1. The Bertz CT molecular complexity index is 256. The smallest absolute Gasteiger partial charge is 0.337 e. The highest BCUT2D eigenvalue weighted by Crippen LogP contribution is 2.08. The first kappa shape index (κ1) is 9.74. The van der Waals surface area contributed by atoms with E-state index in [0.717, 1.165) is 0 Å². The Balaban J connectivity index is 2.37. The van der Waals surface area contributed by atoms with Gasteiger partial charge in [-0.1, -0.05) is 18.2 Å². The first-order chi connectivity index (χ1) is 6.33. The molecule has 0 bridgehead atoms. The van der Waals surface area contributed by atoms with Gasteiger partial charge in [0.05, 0.1) is 0 Å². The summed E-state index contributed by atoms with van der Waals surface area (Å²) in [6.45, 7) is 2.35. The van der Waals surface area contributed by atoms with E-state index in [0.29, 0.717) is 12.4 Å². The number of carbonyl (C=O) groups is 1. The van der Waals surface area contributed by atoms with Crippen LogP contribution in [0.5, 0.6) is 5.75 Å². The molecule has 0 amide bonds. The van der Waals surface area contributed by atoms with Gasteiger partial charge in [-0.2, -0.15) is 0 Å². The summed E-state index contributed by atoms with van der Waals surface area (Å²) in [5, 5.41) is 0. The second-order valence-corrected chi connectivity index (χ2v) is 2.42. The van der Waals surface area contributed by atoms with Gasteiger partial charge >= 0.3 is 5.97 Å². The molecular formula is C10H12O3. The minimum atomic E-state index is -0.368. The molecule has 0 N–H and O–H groups in total. The molecule has 0 fully saturated rings. The van der Waals surface area contributed by atoms with E-state index in [1.807, 2.05) is 25.1 Å². The number of benzene rings is 1. The van der Waals surface area contributed by atoms with Gasteiger partial charge in [-0.3, -0.25) is 0 Å². The summed E-state index contributed by atoms with van der Waals surface area (Å²) in [4.78, 5) is 11.0. The van der Waals surface area contributed by atoms with Crippen LogP contribution >= 0.6 is 0 Å². The standard InChI is InChI=1S/C10H12O3/c1-2-12-8-10(11)13-9-6-4-3-5-7-9/h3-7H,2,8H2,1H3. The van der Waals surface area contributed by atoms with Crippen molar-refractivity contribution in [1.82, 2.24) is 0 Å². The maximum absolute atomic E-state index is 11.0. The summed E-state index contributed by atoms with van der Waals surface area (Å²) in [6.07, 6.45) is 0. The molecule has 3 heteroatoms. The zero-order valence-electron chi connectivity index (χ0n) is 7.53. The molecule has 3 nitrogen and oxygen atoms in total. The monoisotopic (exact) mass is 180 g/mol. The average Bonchev–Trinajstić information content (AvgIpc) is 2.16. The highest BCUT2D eigenvalue weighted by Gasteiger charge is 2.02. The molecule has 0 unspecified atom stereocenters. The number of hydrogen-bond acceptors (Lipinski definition) is 3. The molecule has 0 saturated carbocycles. The molecule has 0 heterocycles. The summed E-state index contributed by atoms with van der Waals surface area (Å²) >= 11 is 0. The van der Waals surface area contributed by atoms with E-state index in [1.165, 1.54) is 0 Å². The fraction of sp³-hybridized carbons (Fsp3) is 0.300. The summed E-state index contributed by atoms with van der Waals surface area (Å²) in [6, 6.07) is 8.93. The molecular weight excluding hydrogens is 168 g/mol. The van der Waals surface area contributed by atoms with Crippen molar-refractivity contribution in [2.24, 2.45) is 0 Å². The van der Waals surface area contributed by atoms with Crippen molar-refractivity contribution in [2.45, 2.75) is 6.92 Å². The Morgan fingerprint density at radius 3 is 2.62 bits per heavy atom. The van der Waals surface area contributed by atoms with Gasteiger partial charge in [0.25, 0.3) is 0 Å². The van der Waals surface area contributed by atoms with Crippen LogP contribution < -0.4 is 4.74 Å². The highest BCUT2D eigenvalue weighted by atomic mass is 16.6. The van der Waals surface area contributed by atoms with E-state index >= 15 is 0 Å². The first-order valence-electron chi connectivity index (χ1n) is 4.16. The van der Waals surface area contributed by atoms with Crippen LogP contribution in [0.1, 0.15) is 6.92 Å². The summed E-state index contributed by atoms with van der Waals surface area (Å²) < 4.78 is 9.85. The molecule has 70 valence electrons. The van der Waals surface area contributed by atoms with Gasteiger partial charge in [-0.05, 0) is 19.1 Å². The number of rotatable bonds is 4. The van der Waals surface area contributed by atoms with Crippen molar-refractivity contribution in [3.8, 4) is 5.75 Å². The molecule has 0 aromatic heterocycles. The lowest BCUT2D eigenvalue weighted by molar-refractivity contribution is -0.139. The second kappa shape index (κ2) is 5.32. The van der Waals surface area contributed by atoms with E-state index < -0.39 is 0 Å². The van der Waals surface area contributed by atoms with Crippen LogP contribution in [0.25, 0.3) is 0 Å². The largest absolute Gasteiger partial charge is 0.425 e. The zero-order chi connectivity index (χ0) is 9.52. The van der Waals surface area contributed by atoms with E-state index in [4.69, 9.17) is 9.47 Å². The van der Waals surface area contributed by atoms with Crippen molar-refractivity contribution in [2.75, 3.05) is 13.2 Å². The molecule has 1 rings (SSSR count). The molecule has 0 saturated heterocycles. The Hall–Kier alpha value is -1.35. The van der Waals surface area contributed by atoms with Gasteiger partial charge in [0.15, 0.2) is 0 Å². The van der Waals surface area contributed by atoms with E-state index in [-0.39, 0.29) is 12.6 Å². The Morgan fingerprint density at radius 2 is 2.00 bits per heavy atom. The molecule has 13 heavy (non-hydrogen) atoms. The lowest BCUT2D eigenvalue weighted by atomic mass is 10.3. The zero-order valence-corrected chi connectivity index (χ0v) is 7.53. The first-order valence-corrected chi connectivity index (χ1v) is 4.16. The third-order valence-corrected chi connectivity index (χ3v) is 1.40. The van der Waals surface area contributed by atoms with Crippen molar-refractivity contribution >= 4 is 5.97 Å². The van der Waals surface area contributed by atoms with Crippen LogP contribution in [0, 0.1) is 0 Å². The van der Waals surface area contributed by atoms with Crippen molar-refractivity contribution in [3.63, 3.8) is 0 Å². The highest BCUT2D eigenvalue weighted by molar-refractivity contribution is 5.73. The summed E-state index contributed by atoms with van der Waals surface area (Å²) in [5.41, 5.74) is 0. The summed E-state index contributed by atoms with van der Waals surface area (Å²) in [5.74, 6) is 0.181. The minimum Gasteiger partial charge on any atom is -0.425 e. The van der Waals surface area contributed by atoms with Gasteiger partial charge in [-0.25, -0.2) is 4.79 Å². The molecule has 0 aliphatic carbocycles. The second-order valence-electron chi connectivity index (χ2n) is 2.42. The SMILES string of the molecule is CCOCC(=O)Oc1ccccc1. The maximum atomic E-state index is 11.0. The molecule has 0 spiro atoms. The molecule has 0 aliphatic rings. The van der Waals surface area contributed by atoms with E-state index in [2.05, 4.69) is 0 Å². The number of carbonyl (C=O) groups excluding carboxylic acids is 1. The van der Waals surface area contributed by atoms with Crippen molar-refractivity contribution in [1.29, 1.82) is 0 Å². The third-order valence-electron chi connectivity index (χ3n) is 1.40. The number of ether oxygens (including phenoxy) is 2. The fourth-order valence-electron chi connectivity index (χ4n) is 0.835. The third kappa shape index (κ3) is 3.71. The normalized spacial score (nSPS) is 9.62. The fourth-order valence-corrected chi connectivity index (χ4v) is 0.835. The predicted octanol–water partition coefficient (Wildman–Crippen LogP) is 1.63. The summed E-state index contributed by atoms with van der Waals surface area (Å²) in [7, 11) is 0. The lowest BCUT2D eigenvalue weighted by Gasteiger charge is -2.02. The predicted molar refractivity (Wildman–Crippen MR) is 48.6 cm³/mol. The molecule has 0 aliphatic heterocycles. The molecule has 1 aromatic rings. The van der Waals surface area contributed by atoms with Crippen molar-refractivity contribution in [3.05, 3.63) is 30.3 Å². The minimum absolute atomic E-state index is 0.00535. The van der Waals surface area contributed by atoms with Gasteiger partial charge in [-0.15, -0.1) is 0 Å². The van der Waals surface area contributed by atoms with Gasteiger partial charge in [0, 0.05) is 6.61 Å². The van der Waals surface area contributed by atoms with Crippen LogP contribution in [-0.2, 0) is 9.53 Å². The quantitative estimate of drug-likeness (QED) is 0.522. The average molecular weight is 180 g/mol. The topological polar surface area (TPSA) is 35.5 Å². The van der Waals surface area contributed by atoms with E-state index in [9.17, 15) is 4.79 Å². The molecule has 0 radical (unpaired) electrons. The van der Waals surface area contributed by atoms with Crippen LogP contribution in [-0.4, -0.2) is 19.2 Å². The Morgan fingerprint density at radius 1 is 1.31 bits per heavy atom. The van der Waals surface area contributed by atoms with Crippen molar-refractivity contribution < 1.29 is 14.3 Å². The van der Waals surface area contributed by atoms with Crippen LogP contribution in [0.3, 0.4) is 0 Å². The maximum Gasteiger partial charge on any atom is 0.337 e. The lowest BCUT2D eigenvalue weighted by Crippen LogP contribution is -2.15. The molecule has 0 atom stereocenters. The van der Waals surface area contributed by atoms with Gasteiger partial charge < -0.3 is 9.47 Å². The van der Waals surface area contributed by atoms with Gasteiger partial charge in [0.1, 0.15) is 12.4 Å².